The Morgan fingerprint density at radius 1 is 1.03 bits per heavy atom. The molecule has 8 atom stereocenters. The van der Waals surface area contributed by atoms with Gasteiger partial charge in [0.05, 0.1) is 5.52 Å². The second-order valence-electron chi connectivity index (χ2n) is 12.3. The fourth-order valence-electron chi connectivity index (χ4n) is 9.24. The number of carbonyl (C=O) groups excluding carboxylic acids is 1. The van der Waals surface area contributed by atoms with Gasteiger partial charge in [-0.1, -0.05) is 38.5 Å². The molecule has 0 saturated heterocycles. The first kappa shape index (κ1) is 20.9. The highest BCUT2D eigenvalue weighted by atomic mass is 16.1. The Morgan fingerprint density at radius 3 is 2.69 bits per heavy atom. The van der Waals surface area contributed by atoms with E-state index in [-0.39, 0.29) is 11.3 Å². The van der Waals surface area contributed by atoms with Crippen molar-refractivity contribution in [1.82, 2.24) is 9.78 Å². The molecule has 0 unspecified atom stereocenters. The van der Waals surface area contributed by atoms with Gasteiger partial charge < -0.3 is 0 Å². The van der Waals surface area contributed by atoms with E-state index in [1.54, 1.807) is 0 Å². The minimum atomic E-state index is 0.216. The molecule has 0 radical (unpaired) electrons. The van der Waals surface area contributed by atoms with Gasteiger partial charge in [-0.2, -0.15) is 5.10 Å². The van der Waals surface area contributed by atoms with Crippen molar-refractivity contribution in [3.63, 3.8) is 0 Å². The van der Waals surface area contributed by atoms with Crippen molar-refractivity contribution in [3.8, 4) is 0 Å². The van der Waals surface area contributed by atoms with Gasteiger partial charge in [-0.05, 0) is 105 Å². The van der Waals surface area contributed by atoms with Gasteiger partial charge in [-0.15, -0.1) is 0 Å². The van der Waals surface area contributed by atoms with E-state index in [2.05, 4.69) is 39.0 Å². The fraction of sp³-hybridized carbons (Fsp3) is 0.724. The van der Waals surface area contributed by atoms with Gasteiger partial charge in [-0.25, -0.2) is 0 Å². The summed E-state index contributed by atoms with van der Waals surface area (Å²) in [7, 11) is 0. The number of hydrogen-bond donors (Lipinski definition) is 0. The molecule has 2 aromatic rings. The monoisotopic (exact) mass is 432 g/mol. The molecule has 0 spiro atoms. The summed E-state index contributed by atoms with van der Waals surface area (Å²) in [4.78, 5) is 13.7. The number of aromatic nitrogens is 2. The van der Waals surface area contributed by atoms with Crippen LogP contribution in [0, 0.1) is 53.8 Å². The number of rotatable bonds is 3. The highest BCUT2D eigenvalue weighted by Gasteiger charge is 2.58. The molecule has 3 nitrogen and oxygen atoms in total. The molecule has 0 bridgehead atoms. The van der Waals surface area contributed by atoms with Crippen LogP contribution >= 0.6 is 0 Å². The molecule has 172 valence electrons. The molecule has 0 N–H and O–H groups in total. The Labute approximate surface area is 193 Å². The third-order valence-electron chi connectivity index (χ3n) is 10.8. The van der Waals surface area contributed by atoms with Gasteiger partial charge in [0, 0.05) is 17.0 Å². The van der Waals surface area contributed by atoms with Crippen molar-refractivity contribution in [2.75, 3.05) is 0 Å². The lowest BCUT2D eigenvalue weighted by Gasteiger charge is -2.56. The summed E-state index contributed by atoms with van der Waals surface area (Å²) in [6, 6.07) is 8.27. The highest BCUT2D eigenvalue weighted by Crippen LogP contribution is 2.64. The summed E-state index contributed by atoms with van der Waals surface area (Å²) < 4.78 is 1.98. The van der Waals surface area contributed by atoms with E-state index >= 15 is 0 Å². The van der Waals surface area contributed by atoms with Gasteiger partial charge in [0.1, 0.15) is 6.54 Å². The molecule has 32 heavy (non-hydrogen) atoms. The number of Topliss-reactive ketones (excluding diaryl/α,β-unsaturated/α-hetero) is 1. The second kappa shape index (κ2) is 7.71. The Hall–Kier alpha value is -1.64. The van der Waals surface area contributed by atoms with Crippen LogP contribution in [0.3, 0.4) is 0 Å². The summed E-state index contributed by atoms with van der Waals surface area (Å²) in [6.07, 6.45) is 12.3. The summed E-state index contributed by atoms with van der Waals surface area (Å²) in [5.41, 5.74) is 2.35. The number of fused-ring (bicyclic) bond motifs is 6. The maximum Gasteiger partial charge on any atom is 0.157 e. The van der Waals surface area contributed by atoms with Crippen LogP contribution in [-0.2, 0) is 11.3 Å². The molecule has 4 fully saturated rings. The van der Waals surface area contributed by atoms with Gasteiger partial charge in [0.15, 0.2) is 5.78 Å². The lowest BCUT2D eigenvalue weighted by atomic mass is 9.49. The van der Waals surface area contributed by atoms with Crippen LogP contribution < -0.4 is 0 Å². The zero-order valence-electron chi connectivity index (χ0n) is 20.2. The first-order valence-corrected chi connectivity index (χ1v) is 13.4. The summed E-state index contributed by atoms with van der Waals surface area (Å²) >= 11 is 0. The average Bonchev–Trinajstić information content (AvgIpc) is 3.30. The lowest BCUT2D eigenvalue weighted by Crippen LogP contribution is -2.49. The molecular weight excluding hydrogens is 392 g/mol. The van der Waals surface area contributed by atoms with Crippen molar-refractivity contribution in [2.45, 2.75) is 85.1 Å². The van der Waals surface area contributed by atoms with Gasteiger partial charge >= 0.3 is 0 Å². The van der Waals surface area contributed by atoms with Gasteiger partial charge in [0.2, 0.25) is 0 Å². The molecule has 0 amide bonds. The molecule has 1 aromatic carbocycles. The number of hydrogen-bond acceptors (Lipinski definition) is 2. The minimum absolute atomic E-state index is 0.216. The smallest absolute Gasteiger partial charge is 0.157 e. The SMILES string of the molecule is Cc1c2ccccc2nn1CC(=O)[C@H]1CC[C@H]2[C@@H]3CC[C@H]4C[C@@H](C)CC[C@@H]4[C@H]3CC[C@]12C. The molecule has 6 rings (SSSR count). The van der Waals surface area contributed by atoms with Crippen LogP contribution in [0.2, 0.25) is 0 Å². The Kier molecular flexibility index (Phi) is 5.04. The van der Waals surface area contributed by atoms with E-state index in [4.69, 9.17) is 5.10 Å². The number of nitrogens with zero attached hydrogens (tertiary/aromatic N) is 2. The van der Waals surface area contributed by atoms with Crippen LogP contribution in [0.15, 0.2) is 24.3 Å². The van der Waals surface area contributed by atoms with Crippen molar-refractivity contribution in [1.29, 1.82) is 0 Å². The topological polar surface area (TPSA) is 34.9 Å². The highest BCUT2D eigenvalue weighted by molar-refractivity contribution is 5.84. The Morgan fingerprint density at radius 2 is 1.84 bits per heavy atom. The maximum atomic E-state index is 13.7. The third kappa shape index (κ3) is 3.13. The van der Waals surface area contributed by atoms with E-state index < -0.39 is 0 Å². The first-order valence-electron chi connectivity index (χ1n) is 13.4. The summed E-state index contributed by atoms with van der Waals surface area (Å²) in [6.45, 7) is 7.52. The fourth-order valence-corrected chi connectivity index (χ4v) is 9.24. The normalized spacial score (nSPS) is 41.2. The van der Waals surface area contributed by atoms with Crippen molar-refractivity contribution >= 4 is 16.7 Å². The Bertz CT molecular complexity index is 1020. The van der Waals surface area contributed by atoms with Crippen molar-refractivity contribution < 1.29 is 4.79 Å². The number of carbonyl (C=O) groups is 1. The summed E-state index contributed by atoms with van der Waals surface area (Å²) in [5, 5.41) is 5.94. The maximum absolute atomic E-state index is 13.7. The number of aryl methyl sites for hydroxylation is 1. The second-order valence-corrected chi connectivity index (χ2v) is 12.3. The molecule has 4 aliphatic carbocycles. The predicted octanol–water partition coefficient (Wildman–Crippen LogP) is 6.82. The molecule has 1 aromatic heterocycles. The van der Waals surface area contributed by atoms with Gasteiger partial charge in [0.25, 0.3) is 0 Å². The number of ketones is 1. The van der Waals surface area contributed by atoms with Crippen LogP contribution in [0.1, 0.15) is 77.3 Å². The molecule has 0 aliphatic heterocycles. The van der Waals surface area contributed by atoms with E-state index in [1.165, 1.54) is 56.8 Å². The number of benzene rings is 1. The zero-order valence-corrected chi connectivity index (χ0v) is 20.2. The molecule has 1 heterocycles. The third-order valence-corrected chi connectivity index (χ3v) is 10.8. The standard InChI is InChI=1S/C29H40N2O/c1-18-8-10-22-20(16-18)9-11-24-23(22)14-15-29(3)25(24)12-13-26(29)28(32)17-31-19(2)21-6-4-5-7-27(21)30-31/h4-7,18,20,22-26H,8-17H2,1-3H3/t18-,20-,22-,23+,24+,25-,26+,29-/m0/s1. The molecule has 4 aliphatic rings. The molecular formula is C29H40N2O. The van der Waals surface area contributed by atoms with E-state index in [9.17, 15) is 4.79 Å². The largest absolute Gasteiger partial charge is 0.297 e. The van der Waals surface area contributed by atoms with Crippen LogP contribution in [0.5, 0.6) is 0 Å². The van der Waals surface area contributed by atoms with Crippen molar-refractivity contribution in [3.05, 3.63) is 30.0 Å². The van der Waals surface area contributed by atoms with Crippen LogP contribution in [0.4, 0.5) is 0 Å². The summed E-state index contributed by atoms with van der Waals surface area (Å²) in [5.74, 6) is 6.20. The first-order chi connectivity index (χ1) is 15.5. The Balaban J connectivity index is 1.21. The van der Waals surface area contributed by atoms with Crippen LogP contribution in [0.25, 0.3) is 10.9 Å². The van der Waals surface area contributed by atoms with E-state index in [1.807, 2.05) is 10.7 Å². The van der Waals surface area contributed by atoms with E-state index in [0.29, 0.717) is 12.3 Å². The molecule has 4 saturated carbocycles. The lowest BCUT2D eigenvalue weighted by molar-refractivity contribution is -0.131. The van der Waals surface area contributed by atoms with Crippen molar-refractivity contribution in [2.24, 2.45) is 46.8 Å². The van der Waals surface area contributed by atoms with E-state index in [0.717, 1.165) is 53.1 Å². The van der Waals surface area contributed by atoms with Gasteiger partial charge in [-0.3, -0.25) is 9.48 Å². The minimum Gasteiger partial charge on any atom is -0.297 e. The quantitative estimate of drug-likeness (QED) is 0.533. The van der Waals surface area contributed by atoms with Crippen LogP contribution in [-0.4, -0.2) is 15.6 Å². The average molecular weight is 433 g/mol. The predicted molar refractivity (Wildman–Crippen MR) is 129 cm³/mol. The zero-order chi connectivity index (χ0) is 22.0. The molecule has 3 heteroatoms.